The minimum atomic E-state index is -0.130. The second kappa shape index (κ2) is 4.79. The summed E-state index contributed by atoms with van der Waals surface area (Å²) in [7, 11) is 0. The molecule has 3 heteroatoms. The molecule has 0 saturated heterocycles. The number of hydrogen-bond acceptors (Lipinski definition) is 2. The largest absolute Gasteiger partial charge is 0.465 e. The second-order valence-electron chi connectivity index (χ2n) is 2.01. The highest BCUT2D eigenvalue weighted by atomic mass is 79.9. The van der Waals surface area contributed by atoms with E-state index in [0.29, 0.717) is 11.9 Å². The first-order chi connectivity index (χ1) is 4.18. The van der Waals surface area contributed by atoms with E-state index in [4.69, 9.17) is 4.74 Å². The molecule has 0 bridgehead atoms. The van der Waals surface area contributed by atoms with Crippen molar-refractivity contribution in [1.82, 2.24) is 0 Å². The van der Waals surface area contributed by atoms with Crippen LogP contribution in [0.2, 0.25) is 0 Å². The Hall–Kier alpha value is -0.0500. The molecule has 0 aliphatic rings. The third-order valence-electron chi connectivity index (χ3n) is 0.793. The fraction of sp³-hybridized carbons (Fsp3) is 0.833. The maximum Gasteiger partial charge on any atom is 0.308 e. The van der Waals surface area contributed by atoms with Crippen LogP contribution in [0.5, 0.6) is 0 Å². The predicted octanol–water partition coefficient (Wildman–Crippen LogP) is 1.58. The first kappa shape index (κ1) is 8.95. The van der Waals surface area contributed by atoms with Crippen molar-refractivity contribution in [2.45, 2.75) is 13.8 Å². The molecule has 0 amide bonds. The van der Waals surface area contributed by atoms with E-state index in [1.54, 1.807) is 0 Å². The van der Waals surface area contributed by atoms with E-state index in [0.717, 1.165) is 0 Å². The lowest BCUT2D eigenvalue weighted by atomic mass is 10.2. The van der Waals surface area contributed by atoms with Crippen molar-refractivity contribution in [2.24, 2.45) is 5.92 Å². The summed E-state index contributed by atoms with van der Waals surface area (Å²) in [6.45, 7) is 4.10. The molecule has 0 aromatic rings. The van der Waals surface area contributed by atoms with Gasteiger partial charge in [0.15, 0.2) is 0 Å². The molecule has 0 radical (unpaired) electrons. The van der Waals surface area contributed by atoms with Crippen molar-refractivity contribution in [1.29, 1.82) is 0 Å². The highest BCUT2D eigenvalue weighted by molar-refractivity contribution is 9.09. The molecule has 9 heavy (non-hydrogen) atoms. The van der Waals surface area contributed by atoms with Crippen molar-refractivity contribution in [3.63, 3.8) is 0 Å². The van der Waals surface area contributed by atoms with Gasteiger partial charge in [0.1, 0.15) is 6.61 Å². The van der Waals surface area contributed by atoms with Gasteiger partial charge in [-0.05, 0) is 0 Å². The van der Waals surface area contributed by atoms with Crippen LogP contribution in [0.3, 0.4) is 0 Å². The standard InChI is InChI=1S/C6H11BrO2/c1-5(2)6(8)9-4-3-7/h5H,3-4H2,1-2H3. The monoisotopic (exact) mass is 194 g/mol. The molecule has 0 atom stereocenters. The van der Waals surface area contributed by atoms with Crippen molar-refractivity contribution in [2.75, 3.05) is 11.9 Å². The van der Waals surface area contributed by atoms with Gasteiger partial charge >= 0.3 is 5.97 Å². The minimum Gasteiger partial charge on any atom is -0.465 e. The normalized spacial score (nSPS) is 9.78. The molecule has 0 saturated carbocycles. The van der Waals surface area contributed by atoms with Crippen LogP contribution >= 0.6 is 15.9 Å². The van der Waals surface area contributed by atoms with Gasteiger partial charge in [-0.1, -0.05) is 29.8 Å². The summed E-state index contributed by atoms with van der Waals surface area (Å²) in [5, 5.41) is 0.714. The summed E-state index contributed by atoms with van der Waals surface area (Å²) in [5.74, 6) is -0.140. The lowest BCUT2D eigenvalue weighted by Crippen LogP contribution is -2.12. The Labute approximate surface area is 63.7 Å². The first-order valence-electron chi connectivity index (χ1n) is 2.91. The van der Waals surface area contributed by atoms with Crippen LogP contribution in [0.15, 0.2) is 0 Å². The maximum atomic E-state index is 10.7. The SMILES string of the molecule is CC(C)C(=O)OCCBr. The Morgan fingerprint density at radius 2 is 2.22 bits per heavy atom. The fourth-order valence-electron chi connectivity index (χ4n) is 0.306. The van der Waals surface area contributed by atoms with Gasteiger partial charge in [0.25, 0.3) is 0 Å². The average molecular weight is 195 g/mol. The second-order valence-corrected chi connectivity index (χ2v) is 2.80. The van der Waals surface area contributed by atoms with E-state index in [9.17, 15) is 4.79 Å². The molecule has 0 rings (SSSR count). The Morgan fingerprint density at radius 1 is 1.67 bits per heavy atom. The number of carbonyl (C=O) groups excluding carboxylic acids is 1. The third-order valence-corrected chi connectivity index (χ3v) is 1.12. The van der Waals surface area contributed by atoms with E-state index in [2.05, 4.69) is 15.9 Å². The number of carbonyl (C=O) groups is 1. The lowest BCUT2D eigenvalue weighted by Gasteiger charge is -2.03. The van der Waals surface area contributed by atoms with Crippen LogP contribution < -0.4 is 0 Å². The molecule has 0 aliphatic carbocycles. The zero-order valence-electron chi connectivity index (χ0n) is 5.69. The van der Waals surface area contributed by atoms with Crippen LogP contribution in [0.1, 0.15) is 13.8 Å². The smallest absolute Gasteiger partial charge is 0.308 e. The zero-order valence-corrected chi connectivity index (χ0v) is 7.27. The molecule has 0 fully saturated rings. The summed E-state index contributed by atoms with van der Waals surface area (Å²) in [4.78, 5) is 10.7. The molecule has 2 nitrogen and oxygen atoms in total. The highest BCUT2D eigenvalue weighted by Gasteiger charge is 2.05. The van der Waals surface area contributed by atoms with E-state index < -0.39 is 0 Å². The summed E-state index contributed by atoms with van der Waals surface area (Å²) in [6, 6.07) is 0. The summed E-state index contributed by atoms with van der Waals surface area (Å²) in [5.41, 5.74) is 0. The van der Waals surface area contributed by atoms with Gasteiger partial charge in [-0.2, -0.15) is 0 Å². The Kier molecular flexibility index (Phi) is 4.77. The van der Waals surface area contributed by atoms with Gasteiger partial charge in [-0.25, -0.2) is 0 Å². The van der Waals surface area contributed by atoms with E-state index >= 15 is 0 Å². The molecule has 0 aliphatic heterocycles. The molecular weight excluding hydrogens is 184 g/mol. The van der Waals surface area contributed by atoms with Crippen LogP contribution in [0.25, 0.3) is 0 Å². The quantitative estimate of drug-likeness (QED) is 0.504. The van der Waals surface area contributed by atoms with Crippen molar-refractivity contribution < 1.29 is 9.53 Å². The van der Waals surface area contributed by atoms with Crippen LogP contribution in [-0.2, 0) is 9.53 Å². The molecule has 0 heterocycles. The zero-order chi connectivity index (χ0) is 7.28. The molecule has 0 aromatic heterocycles. The molecule has 0 aromatic carbocycles. The summed E-state index contributed by atoms with van der Waals surface area (Å²) < 4.78 is 4.77. The minimum absolute atomic E-state index is 0.0101. The fourth-order valence-corrected chi connectivity index (χ4v) is 0.468. The van der Waals surface area contributed by atoms with Crippen LogP contribution in [0.4, 0.5) is 0 Å². The molecule has 0 spiro atoms. The van der Waals surface area contributed by atoms with E-state index in [-0.39, 0.29) is 11.9 Å². The van der Waals surface area contributed by atoms with E-state index in [1.165, 1.54) is 0 Å². The summed E-state index contributed by atoms with van der Waals surface area (Å²) >= 11 is 3.15. The summed E-state index contributed by atoms with van der Waals surface area (Å²) in [6.07, 6.45) is 0. The number of halogens is 1. The average Bonchev–Trinajstić information content (AvgIpc) is 1.82. The molecule has 0 N–H and O–H groups in total. The van der Waals surface area contributed by atoms with Gasteiger partial charge in [-0.15, -0.1) is 0 Å². The van der Waals surface area contributed by atoms with Gasteiger partial charge in [0.2, 0.25) is 0 Å². The van der Waals surface area contributed by atoms with E-state index in [1.807, 2.05) is 13.8 Å². The van der Waals surface area contributed by atoms with Gasteiger partial charge in [0.05, 0.1) is 5.92 Å². The Morgan fingerprint density at radius 3 is 2.56 bits per heavy atom. The number of alkyl halides is 1. The van der Waals surface area contributed by atoms with Gasteiger partial charge in [-0.3, -0.25) is 4.79 Å². The molecule has 0 unspecified atom stereocenters. The topological polar surface area (TPSA) is 26.3 Å². The number of ether oxygens (including phenoxy) is 1. The van der Waals surface area contributed by atoms with Crippen LogP contribution in [-0.4, -0.2) is 17.9 Å². The first-order valence-corrected chi connectivity index (χ1v) is 4.03. The number of esters is 1. The highest BCUT2D eigenvalue weighted by Crippen LogP contribution is 1.95. The van der Waals surface area contributed by atoms with Crippen molar-refractivity contribution in [3.8, 4) is 0 Å². The molecular formula is C6H11BrO2. The van der Waals surface area contributed by atoms with Gasteiger partial charge in [0, 0.05) is 5.33 Å². The number of hydrogen-bond donors (Lipinski definition) is 0. The maximum absolute atomic E-state index is 10.7. The number of rotatable bonds is 3. The lowest BCUT2D eigenvalue weighted by molar-refractivity contribution is -0.146. The Balaban J connectivity index is 3.28. The van der Waals surface area contributed by atoms with Crippen molar-refractivity contribution in [3.05, 3.63) is 0 Å². The molecule has 54 valence electrons. The predicted molar refractivity (Wildman–Crippen MR) is 39.6 cm³/mol. The van der Waals surface area contributed by atoms with Crippen molar-refractivity contribution >= 4 is 21.9 Å². The Bertz CT molecular complexity index is 91.1. The van der Waals surface area contributed by atoms with Gasteiger partial charge < -0.3 is 4.74 Å². The third kappa shape index (κ3) is 4.45. The van der Waals surface area contributed by atoms with Crippen LogP contribution in [0, 0.1) is 5.92 Å².